The zero-order valence-electron chi connectivity index (χ0n) is 57.7. The molecule has 482 valence electrons. The predicted molar refractivity (Wildman–Crippen MR) is 370 cm³/mol. The smallest absolute Gasteiger partial charge is 0.314 e. The summed E-state index contributed by atoms with van der Waals surface area (Å²) in [5, 5.41) is 22.5. The minimum Gasteiger partial charge on any atom is -0.437 e. The first-order chi connectivity index (χ1) is 35.9. The molecule has 0 aromatic carbocycles. The van der Waals surface area contributed by atoms with E-state index in [1.165, 1.54) is 0 Å². The van der Waals surface area contributed by atoms with E-state index < -0.39 is 125 Å². The third-order valence-corrected chi connectivity index (χ3v) is 50.4. The largest absolute Gasteiger partial charge is 0.437 e. The molecule has 14 nitrogen and oxygen atoms in total. The van der Waals surface area contributed by atoms with Gasteiger partial charge < -0.3 is 62.1 Å². The standard InChI is InChI=1S/C54H134O14Si12/c1-69(2,3)61-77(25,62-70(4,5)6)45-37-29-33-41-57-51(49-55)53(59-43-35-31-39-47-79(27,65-73(13,14)15)66-74(16,17)18)54(60-44-36-32-40-48-80(28,67-75(19,20)21)68-76(22,23)24)52(50-56)58-42-34-30-38-46-78(26,63-71(7,8)9)64-72(10,11)12/h51-56H,29-50H2,1-28H3/t51-,52+,53+,54-. The van der Waals surface area contributed by atoms with Crippen LogP contribution in [-0.4, -0.2) is 175 Å². The van der Waals surface area contributed by atoms with E-state index in [1.54, 1.807) is 0 Å². The van der Waals surface area contributed by atoms with E-state index in [0.717, 1.165) is 101 Å². The van der Waals surface area contributed by atoms with Gasteiger partial charge in [-0.25, -0.2) is 0 Å². The summed E-state index contributed by atoms with van der Waals surface area (Å²) in [4.78, 5) is 0. The minimum absolute atomic E-state index is 0.257. The van der Waals surface area contributed by atoms with Gasteiger partial charge in [0.2, 0.25) is 0 Å². The van der Waals surface area contributed by atoms with Crippen LogP contribution in [0, 0.1) is 0 Å². The summed E-state index contributed by atoms with van der Waals surface area (Å²) in [5.41, 5.74) is 0. The van der Waals surface area contributed by atoms with Crippen LogP contribution in [0.5, 0.6) is 0 Å². The zero-order valence-corrected chi connectivity index (χ0v) is 69.7. The predicted octanol–water partition coefficient (Wildman–Crippen LogP) is 16.3. The fourth-order valence-corrected chi connectivity index (χ4v) is 61.3. The van der Waals surface area contributed by atoms with Crippen molar-refractivity contribution in [2.75, 3.05) is 39.6 Å². The lowest BCUT2D eigenvalue weighted by molar-refractivity contribution is -0.192. The van der Waals surface area contributed by atoms with E-state index in [-0.39, 0.29) is 13.2 Å². The molecule has 0 aromatic rings. The number of hydrogen-bond donors (Lipinski definition) is 2. The molecule has 0 fully saturated rings. The highest BCUT2D eigenvalue weighted by atomic mass is 28.5. The van der Waals surface area contributed by atoms with Crippen LogP contribution < -0.4 is 0 Å². The zero-order chi connectivity index (χ0) is 62.4. The average Bonchev–Trinajstić information content (AvgIpc) is 3.18. The highest BCUT2D eigenvalue weighted by molar-refractivity contribution is 6.90. The molecule has 0 saturated carbocycles. The Morgan fingerprint density at radius 3 is 0.537 bits per heavy atom. The Hall–Kier alpha value is 2.04. The average molecular weight is 1340 g/mol. The Morgan fingerprint density at radius 2 is 0.388 bits per heavy atom. The molecule has 0 amide bonds. The third kappa shape index (κ3) is 44.5. The van der Waals surface area contributed by atoms with Crippen molar-refractivity contribution in [3.63, 3.8) is 0 Å². The molecule has 0 saturated heterocycles. The van der Waals surface area contributed by atoms with Crippen molar-refractivity contribution in [3.05, 3.63) is 0 Å². The molecule has 0 aliphatic heterocycles. The minimum atomic E-state index is -2.39. The molecular formula is C54H134O14Si12. The lowest BCUT2D eigenvalue weighted by Crippen LogP contribution is -2.52. The number of hydrogen-bond acceptors (Lipinski definition) is 14. The summed E-state index contributed by atoms with van der Waals surface area (Å²) in [5.74, 6) is 0. The monoisotopic (exact) mass is 1340 g/mol. The van der Waals surface area contributed by atoms with Gasteiger partial charge in [0.25, 0.3) is 0 Å². The molecule has 4 atom stereocenters. The summed E-state index contributed by atoms with van der Waals surface area (Å²) in [6.45, 7) is 64.4. The fraction of sp³-hybridized carbons (Fsp3) is 1.00. The van der Waals surface area contributed by atoms with Gasteiger partial charge in [-0.1, -0.05) is 51.4 Å². The van der Waals surface area contributed by atoms with Gasteiger partial charge in [0.15, 0.2) is 66.5 Å². The molecule has 2 N–H and O–H groups in total. The van der Waals surface area contributed by atoms with E-state index in [4.69, 9.17) is 51.9 Å². The molecule has 0 spiro atoms. The Labute approximate surface area is 508 Å². The maximum Gasteiger partial charge on any atom is 0.314 e. The summed E-state index contributed by atoms with van der Waals surface area (Å²) in [6.07, 6.45) is 8.20. The van der Waals surface area contributed by atoms with E-state index >= 15 is 0 Å². The molecule has 26 heteroatoms. The van der Waals surface area contributed by atoms with Crippen LogP contribution in [0.3, 0.4) is 0 Å². The Morgan fingerprint density at radius 1 is 0.225 bits per heavy atom. The van der Waals surface area contributed by atoms with Gasteiger partial charge in [0, 0.05) is 26.4 Å². The van der Waals surface area contributed by atoms with Gasteiger partial charge in [-0.2, -0.15) is 0 Å². The van der Waals surface area contributed by atoms with E-state index in [1.807, 2.05) is 0 Å². The maximum atomic E-state index is 11.3. The normalized spacial score (nSPS) is 16.1. The lowest BCUT2D eigenvalue weighted by Gasteiger charge is -2.39. The number of ether oxygens (including phenoxy) is 4. The molecule has 0 aromatic heterocycles. The third-order valence-electron chi connectivity index (χ3n) is 12.0. The highest BCUT2D eigenvalue weighted by Crippen LogP contribution is 2.31. The van der Waals surface area contributed by atoms with Crippen LogP contribution in [-0.2, 0) is 51.9 Å². The van der Waals surface area contributed by atoms with Gasteiger partial charge in [-0.3, -0.25) is 0 Å². The van der Waals surface area contributed by atoms with E-state index in [9.17, 15) is 10.2 Å². The molecule has 0 aliphatic rings. The molecule has 0 heterocycles. The first kappa shape index (κ1) is 82.0. The molecule has 0 radical (unpaired) electrons. The molecule has 0 bridgehead atoms. The van der Waals surface area contributed by atoms with Crippen LogP contribution in [0.4, 0.5) is 0 Å². The summed E-state index contributed by atoms with van der Waals surface area (Å²) >= 11 is 0. The number of unbranched alkanes of at least 4 members (excludes halogenated alkanes) is 8. The van der Waals surface area contributed by atoms with Crippen LogP contribution in [0.2, 0.25) is 207 Å². The number of rotatable bonds is 49. The van der Waals surface area contributed by atoms with Crippen LogP contribution in [0.25, 0.3) is 0 Å². The maximum absolute atomic E-state index is 11.3. The molecule has 80 heavy (non-hydrogen) atoms. The highest BCUT2D eigenvalue weighted by Gasteiger charge is 2.44. The SMILES string of the molecule is C[Si](C)(C)O[Si](C)(CCCCCO[C@H]([C@H](OCCCCC[Si](C)(O[Si](C)(C)C)O[Si](C)(C)C)[C@H](CO)OCCCCC[Si](C)(O[Si](C)(C)C)O[Si](C)(C)C)[C@@H](CO)OCCCCC[Si](C)(O[Si](C)(C)C)O[Si](C)(C)C)O[Si](C)(C)C. The topological polar surface area (TPSA) is 151 Å². The van der Waals surface area contributed by atoms with Crippen LogP contribution in [0.15, 0.2) is 0 Å². The Balaban J connectivity index is 6.81. The van der Waals surface area contributed by atoms with Crippen molar-refractivity contribution in [3.8, 4) is 0 Å². The molecular weight excluding hydrogens is 1210 g/mol. The fourth-order valence-electron chi connectivity index (χ4n) is 10.8. The quantitative estimate of drug-likeness (QED) is 0.0439. The van der Waals surface area contributed by atoms with Crippen molar-refractivity contribution in [2.45, 2.75) is 309 Å². The Bertz CT molecular complexity index is 1460. The summed E-state index contributed by atoms with van der Waals surface area (Å²) in [7, 11) is -24.1. The van der Waals surface area contributed by atoms with Crippen LogP contribution in [0.1, 0.15) is 77.0 Å². The van der Waals surface area contributed by atoms with Gasteiger partial charge in [-0.05, 0) is 233 Å². The summed E-state index contributed by atoms with van der Waals surface area (Å²) in [6, 6.07) is 3.75. The first-order valence-corrected chi connectivity index (χ1v) is 68.6. The van der Waals surface area contributed by atoms with Gasteiger partial charge in [0.1, 0.15) is 24.4 Å². The van der Waals surface area contributed by atoms with Crippen molar-refractivity contribution in [2.24, 2.45) is 0 Å². The second-order valence-electron chi connectivity index (χ2n) is 31.3. The number of aliphatic hydroxyl groups is 2. The summed E-state index contributed by atoms with van der Waals surface area (Å²) < 4.78 is 81.8. The Kier molecular flexibility index (Phi) is 37.0. The van der Waals surface area contributed by atoms with Gasteiger partial charge >= 0.3 is 34.2 Å². The van der Waals surface area contributed by atoms with Crippen molar-refractivity contribution in [1.82, 2.24) is 0 Å². The van der Waals surface area contributed by atoms with E-state index in [0.29, 0.717) is 26.4 Å². The van der Waals surface area contributed by atoms with Crippen molar-refractivity contribution >= 4 is 101 Å². The van der Waals surface area contributed by atoms with Gasteiger partial charge in [-0.15, -0.1) is 0 Å². The second kappa shape index (κ2) is 36.0. The van der Waals surface area contributed by atoms with Crippen molar-refractivity contribution in [1.29, 1.82) is 0 Å². The van der Waals surface area contributed by atoms with E-state index in [2.05, 4.69) is 183 Å². The molecule has 0 aliphatic carbocycles. The van der Waals surface area contributed by atoms with Gasteiger partial charge in [0.05, 0.1) is 13.2 Å². The van der Waals surface area contributed by atoms with Crippen molar-refractivity contribution < 1.29 is 62.1 Å². The molecule has 0 rings (SSSR count). The number of aliphatic hydroxyl groups excluding tert-OH is 2. The van der Waals surface area contributed by atoms with Crippen LogP contribution >= 0.6 is 0 Å². The second-order valence-corrected chi connectivity index (χ2v) is 82.7. The lowest BCUT2D eigenvalue weighted by atomic mass is 10.0. The first-order valence-electron chi connectivity index (χ1n) is 31.2. The molecule has 0 unspecified atom stereocenters.